The summed E-state index contributed by atoms with van der Waals surface area (Å²) in [7, 11) is 1.75. The first kappa shape index (κ1) is 23.8. The van der Waals surface area contributed by atoms with Gasteiger partial charge in [-0.2, -0.15) is 0 Å². The van der Waals surface area contributed by atoms with E-state index in [1.54, 1.807) is 54.4 Å². The van der Waals surface area contributed by atoms with Crippen LogP contribution in [-0.2, 0) is 4.74 Å². The summed E-state index contributed by atoms with van der Waals surface area (Å²) in [5.74, 6) is 0.764. The molecule has 32 heavy (non-hydrogen) atoms. The lowest BCUT2D eigenvalue weighted by Gasteiger charge is -2.22. The Hall–Kier alpha value is -2.86. The van der Waals surface area contributed by atoms with Crippen LogP contribution in [0.3, 0.4) is 0 Å². The van der Waals surface area contributed by atoms with Gasteiger partial charge in [0.2, 0.25) is 0 Å². The number of likely N-dealkylation sites (N-methyl/N-ethyl adjacent to an activating group) is 1. The van der Waals surface area contributed by atoms with Crippen LogP contribution < -0.4 is 9.47 Å². The average Bonchev–Trinajstić information content (AvgIpc) is 3.33. The van der Waals surface area contributed by atoms with Crippen molar-refractivity contribution in [3.63, 3.8) is 0 Å². The summed E-state index contributed by atoms with van der Waals surface area (Å²) >= 11 is 0. The number of ketones is 1. The highest BCUT2D eigenvalue weighted by atomic mass is 16.5. The highest BCUT2D eigenvalue weighted by Gasteiger charge is 2.24. The predicted octanol–water partition coefficient (Wildman–Crippen LogP) is 4.75. The molecule has 0 aromatic heterocycles. The van der Waals surface area contributed by atoms with Crippen LogP contribution >= 0.6 is 0 Å². The molecule has 1 amide bonds. The van der Waals surface area contributed by atoms with Gasteiger partial charge >= 0.3 is 0 Å². The Labute approximate surface area is 190 Å². The highest BCUT2D eigenvalue weighted by Crippen LogP contribution is 2.30. The van der Waals surface area contributed by atoms with E-state index in [0.29, 0.717) is 47.9 Å². The minimum Gasteiger partial charge on any atom is -0.490 e. The minimum absolute atomic E-state index is 0.0563. The van der Waals surface area contributed by atoms with Gasteiger partial charge in [0.15, 0.2) is 17.3 Å². The molecule has 172 valence electrons. The predicted molar refractivity (Wildman–Crippen MR) is 124 cm³/mol. The van der Waals surface area contributed by atoms with Crippen molar-refractivity contribution in [1.82, 2.24) is 4.90 Å². The summed E-state index contributed by atoms with van der Waals surface area (Å²) in [5.41, 5.74) is 1.22. The molecule has 1 unspecified atom stereocenters. The molecular formula is C26H33NO5. The molecule has 2 aromatic rings. The Balaban J connectivity index is 1.85. The van der Waals surface area contributed by atoms with E-state index < -0.39 is 0 Å². The fraction of sp³-hybridized carbons (Fsp3) is 0.462. The van der Waals surface area contributed by atoms with Crippen LogP contribution in [0.25, 0.3) is 0 Å². The monoisotopic (exact) mass is 439 g/mol. The molecule has 3 rings (SSSR count). The molecule has 6 heteroatoms. The normalized spacial score (nSPS) is 15.4. The topological polar surface area (TPSA) is 65.1 Å². The molecule has 0 saturated carbocycles. The Morgan fingerprint density at radius 3 is 2.34 bits per heavy atom. The van der Waals surface area contributed by atoms with Crippen molar-refractivity contribution in [3.8, 4) is 11.5 Å². The number of carbonyl (C=O) groups is 2. The van der Waals surface area contributed by atoms with E-state index in [0.717, 1.165) is 32.3 Å². The number of hydrogen-bond acceptors (Lipinski definition) is 5. The van der Waals surface area contributed by atoms with E-state index in [2.05, 4.69) is 0 Å². The van der Waals surface area contributed by atoms with E-state index in [1.807, 2.05) is 13.8 Å². The van der Waals surface area contributed by atoms with E-state index >= 15 is 0 Å². The van der Waals surface area contributed by atoms with Crippen molar-refractivity contribution in [1.29, 1.82) is 0 Å². The molecule has 0 radical (unpaired) electrons. The van der Waals surface area contributed by atoms with Crippen LogP contribution in [-0.4, -0.2) is 56.1 Å². The Kier molecular flexibility index (Phi) is 8.68. The zero-order chi connectivity index (χ0) is 22.9. The van der Waals surface area contributed by atoms with Gasteiger partial charge in [0.05, 0.1) is 24.9 Å². The number of carbonyl (C=O) groups excluding carboxylic acids is 2. The fourth-order valence-electron chi connectivity index (χ4n) is 3.71. The van der Waals surface area contributed by atoms with E-state index in [4.69, 9.17) is 14.2 Å². The third-order valence-electron chi connectivity index (χ3n) is 5.38. The maximum absolute atomic E-state index is 13.4. The molecule has 1 heterocycles. The van der Waals surface area contributed by atoms with Crippen LogP contribution in [0.5, 0.6) is 11.5 Å². The van der Waals surface area contributed by atoms with Crippen LogP contribution in [0.2, 0.25) is 0 Å². The lowest BCUT2D eigenvalue weighted by molar-refractivity contribution is 0.0585. The highest BCUT2D eigenvalue weighted by molar-refractivity contribution is 6.15. The first-order valence-corrected chi connectivity index (χ1v) is 11.5. The smallest absolute Gasteiger partial charge is 0.254 e. The van der Waals surface area contributed by atoms with Crippen LogP contribution in [0.15, 0.2) is 42.5 Å². The number of benzene rings is 2. The SMILES string of the molecule is CCCOc1ccc(C(=O)c2ccccc2C(=O)N(C)CC2CCCO2)cc1OCCC. The van der Waals surface area contributed by atoms with Gasteiger partial charge in [-0.3, -0.25) is 9.59 Å². The molecular weight excluding hydrogens is 406 g/mol. The number of hydrogen-bond donors (Lipinski definition) is 0. The van der Waals surface area contributed by atoms with Crippen molar-refractivity contribution < 1.29 is 23.8 Å². The lowest BCUT2D eigenvalue weighted by atomic mass is 9.97. The molecule has 1 aliphatic rings. The molecule has 1 atom stereocenters. The zero-order valence-corrected chi connectivity index (χ0v) is 19.3. The molecule has 0 spiro atoms. The number of ether oxygens (including phenoxy) is 3. The van der Waals surface area contributed by atoms with E-state index in [1.165, 1.54) is 0 Å². The largest absolute Gasteiger partial charge is 0.490 e. The van der Waals surface area contributed by atoms with Crippen LogP contribution in [0.1, 0.15) is 65.8 Å². The summed E-state index contributed by atoms with van der Waals surface area (Å²) in [6, 6.07) is 12.2. The van der Waals surface area contributed by atoms with Crippen molar-refractivity contribution in [2.75, 3.05) is 33.4 Å². The standard InChI is InChI=1S/C26H33NO5/c1-4-14-31-23-13-12-19(17-24(23)32-15-5-2)25(28)21-10-6-7-11-22(21)26(29)27(3)18-20-9-8-16-30-20/h6-7,10-13,17,20H,4-5,8-9,14-16,18H2,1-3H3. The van der Waals surface area contributed by atoms with Gasteiger partial charge in [-0.25, -0.2) is 0 Å². The maximum Gasteiger partial charge on any atom is 0.254 e. The Morgan fingerprint density at radius 2 is 1.69 bits per heavy atom. The van der Waals surface area contributed by atoms with Gasteiger partial charge in [0.25, 0.3) is 5.91 Å². The van der Waals surface area contributed by atoms with Crippen LogP contribution in [0, 0.1) is 0 Å². The van der Waals surface area contributed by atoms with Gasteiger partial charge in [-0.15, -0.1) is 0 Å². The molecule has 1 fully saturated rings. The Bertz CT molecular complexity index is 920. The third kappa shape index (κ3) is 5.88. The quantitative estimate of drug-likeness (QED) is 0.473. The second-order valence-electron chi connectivity index (χ2n) is 8.05. The van der Waals surface area contributed by atoms with Gasteiger partial charge in [-0.05, 0) is 49.9 Å². The fourth-order valence-corrected chi connectivity index (χ4v) is 3.71. The number of amides is 1. The molecule has 0 N–H and O–H groups in total. The molecule has 6 nitrogen and oxygen atoms in total. The molecule has 0 aliphatic carbocycles. The first-order valence-electron chi connectivity index (χ1n) is 11.5. The maximum atomic E-state index is 13.4. The summed E-state index contributed by atoms with van der Waals surface area (Å²) in [4.78, 5) is 28.2. The summed E-state index contributed by atoms with van der Waals surface area (Å²) < 4.78 is 17.3. The molecule has 2 aromatic carbocycles. The van der Waals surface area contributed by atoms with Crippen molar-refractivity contribution in [3.05, 3.63) is 59.2 Å². The first-order chi connectivity index (χ1) is 15.5. The van der Waals surface area contributed by atoms with Crippen molar-refractivity contribution in [2.24, 2.45) is 0 Å². The van der Waals surface area contributed by atoms with Crippen molar-refractivity contribution in [2.45, 2.75) is 45.6 Å². The van der Waals surface area contributed by atoms with Gasteiger partial charge in [0.1, 0.15) is 0 Å². The number of rotatable bonds is 11. The summed E-state index contributed by atoms with van der Waals surface area (Å²) in [6.45, 7) is 6.42. The third-order valence-corrected chi connectivity index (χ3v) is 5.38. The number of nitrogens with zero attached hydrogens (tertiary/aromatic N) is 1. The van der Waals surface area contributed by atoms with Crippen molar-refractivity contribution >= 4 is 11.7 Å². The lowest BCUT2D eigenvalue weighted by Crippen LogP contribution is -2.34. The summed E-state index contributed by atoms with van der Waals surface area (Å²) in [6.07, 6.45) is 3.75. The summed E-state index contributed by atoms with van der Waals surface area (Å²) in [5, 5.41) is 0. The van der Waals surface area contributed by atoms with Gasteiger partial charge in [0, 0.05) is 31.3 Å². The van der Waals surface area contributed by atoms with Gasteiger partial charge in [-0.1, -0.05) is 32.0 Å². The van der Waals surface area contributed by atoms with Gasteiger partial charge < -0.3 is 19.1 Å². The molecule has 1 saturated heterocycles. The average molecular weight is 440 g/mol. The van der Waals surface area contributed by atoms with E-state index in [9.17, 15) is 9.59 Å². The zero-order valence-electron chi connectivity index (χ0n) is 19.3. The second-order valence-corrected chi connectivity index (χ2v) is 8.05. The minimum atomic E-state index is -0.220. The van der Waals surface area contributed by atoms with E-state index in [-0.39, 0.29) is 17.8 Å². The molecule has 1 aliphatic heterocycles. The van der Waals surface area contributed by atoms with Crippen LogP contribution in [0.4, 0.5) is 0 Å². The Morgan fingerprint density at radius 1 is 1.00 bits per heavy atom. The molecule has 0 bridgehead atoms. The second kappa shape index (κ2) is 11.7.